The van der Waals surface area contributed by atoms with Crippen molar-refractivity contribution < 1.29 is 9.53 Å². The van der Waals surface area contributed by atoms with E-state index in [1.54, 1.807) is 14.0 Å². The van der Waals surface area contributed by atoms with Crippen LogP contribution in [0.25, 0.3) is 17.1 Å². The van der Waals surface area contributed by atoms with Crippen LogP contribution in [0.5, 0.6) is 5.75 Å². The predicted molar refractivity (Wildman–Crippen MR) is 99.3 cm³/mol. The van der Waals surface area contributed by atoms with Gasteiger partial charge in [0, 0.05) is 11.3 Å². The van der Waals surface area contributed by atoms with E-state index in [1.165, 1.54) is 11.8 Å². The van der Waals surface area contributed by atoms with E-state index in [4.69, 9.17) is 4.74 Å². The Labute approximate surface area is 151 Å². The van der Waals surface area contributed by atoms with Crippen molar-refractivity contribution >= 4 is 17.5 Å². The van der Waals surface area contributed by atoms with Gasteiger partial charge in [-0.15, -0.1) is 10.2 Å². The highest BCUT2D eigenvalue weighted by molar-refractivity contribution is 8.00. The standard InChI is InChI=1S/C19H19N3O2S/c1-13(23)14(2)25-19-21-20-18(15-8-7-11-17(12-15)24-3)22(19)16-9-5-4-6-10-16/h4-12,14H,1-3H3. The van der Waals surface area contributed by atoms with E-state index in [2.05, 4.69) is 10.2 Å². The number of carbonyl (C=O) groups is 1. The smallest absolute Gasteiger partial charge is 0.196 e. The average Bonchev–Trinajstić information content (AvgIpc) is 3.06. The molecule has 0 aliphatic carbocycles. The van der Waals surface area contributed by atoms with Crippen LogP contribution < -0.4 is 4.74 Å². The zero-order valence-corrected chi connectivity index (χ0v) is 15.2. The molecule has 0 saturated heterocycles. The number of hydrogen-bond acceptors (Lipinski definition) is 5. The van der Waals surface area contributed by atoms with E-state index in [1.807, 2.05) is 66.1 Å². The minimum Gasteiger partial charge on any atom is -0.497 e. The number of thioether (sulfide) groups is 1. The van der Waals surface area contributed by atoms with Gasteiger partial charge in [0.1, 0.15) is 11.5 Å². The van der Waals surface area contributed by atoms with Gasteiger partial charge in [0.2, 0.25) is 0 Å². The Kier molecular flexibility index (Phi) is 5.19. The number of aromatic nitrogens is 3. The molecule has 0 spiro atoms. The summed E-state index contributed by atoms with van der Waals surface area (Å²) in [5, 5.41) is 9.20. The van der Waals surface area contributed by atoms with Crippen LogP contribution in [0, 0.1) is 0 Å². The van der Waals surface area contributed by atoms with Gasteiger partial charge in [0.05, 0.1) is 12.4 Å². The summed E-state index contributed by atoms with van der Waals surface area (Å²) in [6.45, 7) is 3.46. The van der Waals surface area contributed by atoms with Crippen LogP contribution in [0.2, 0.25) is 0 Å². The van der Waals surface area contributed by atoms with Crippen LogP contribution in [-0.4, -0.2) is 32.9 Å². The maximum Gasteiger partial charge on any atom is 0.196 e. The molecule has 25 heavy (non-hydrogen) atoms. The minimum absolute atomic E-state index is 0.107. The highest BCUT2D eigenvalue weighted by Crippen LogP contribution is 2.31. The summed E-state index contributed by atoms with van der Waals surface area (Å²) in [6.07, 6.45) is 0. The molecular formula is C19H19N3O2S. The van der Waals surface area contributed by atoms with E-state index in [0.29, 0.717) is 11.0 Å². The summed E-state index contributed by atoms with van der Waals surface area (Å²) in [4.78, 5) is 11.7. The zero-order valence-electron chi connectivity index (χ0n) is 14.3. The fraction of sp³-hybridized carbons (Fsp3) is 0.211. The number of rotatable bonds is 6. The summed E-state index contributed by atoms with van der Waals surface area (Å²) in [7, 11) is 1.64. The van der Waals surface area contributed by atoms with Crippen molar-refractivity contribution in [2.24, 2.45) is 0 Å². The second-order valence-corrected chi connectivity index (χ2v) is 6.89. The summed E-state index contributed by atoms with van der Waals surface area (Å²) >= 11 is 1.41. The molecule has 1 aromatic heterocycles. The number of nitrogens with zero attached hydrogens (tertiary/aromatic N) is 3. The fourth-order valence-electron chi connectivity index (χ4n) is 2.35. The predicted octanol–water partition coefficient (Wildman–Crippen LogP) is 4.01. The lowest BCUT2D eigenvalue weighted by Gasteiger charge is -2.12. The minimum atomic E-state index is -0.190. The van der Waals surface area contributed by atoms with Gasteiger partial charge in [-0.3, -0.25) is 9.36 Å². The average molecular weight is 353 g/mol. The fourth-order valence-corrected chi connectivity index (χ4v) is 3.21. The molecule has 1 heterocycles. The second kappa shape index (κ2) is 7.53. The molecular weight excluding hydrogens is 334 g/mol. The van der Waals surface area contributed by atoms with E-state index < -0.39 is 0 Å². The Morgan fingerprint density at radius 2 is 1.88 bits per heavy atom. The largest absolute Gasteiger partial charge is 0.497 e. The first kappa shape index (κ1) is 17.2. The maximum atomic E-state index is 11.7. The van der Waals surface area contributed by atoms with E-state index in [9.17, 15) is 4.79 Å². The number of Topliss-reactive ketones (excluding diaryl/α,β-unsaturated/α-hetero) is 1. The Balaban J connectivity index is 2.12. The van der Waals surface area contributed by atoms with Crippen molar-refractivity contribution in [1.82, 2.24) is 14.8 Å². The first-order chi connectivity index (χ1) is 12.1. The van der Waals surface area contributed by atoms with Gasteiger partial charge in [0.15, 0.2) is 11.0 Å². The summed E-state index contributed by atoms with van der Waals surface area (Å²) in [5.74, 6) is 1.57. The molecule has 0 saturated carbocycles. The lowest BCUT2D eigenvalue weighted by molar-refractivity contribution is -0.116. The molecule has 2 aromatic carbocycles. The number of ether oxygens (including phenoxy) is 1. The Morgan fingerprint density at radius 1 is 1.12 bits per heavy atom. The molecule has 0 aliphatic rings. The highest BCUT2D eigenvalue weighted by atomic mass is 32.2. The van der Waals surface area contributed by atoms with Crippen molar-refractivity contribution in [2.45, 2.75) is 24.3 Å². The van der Waals surface area contributed by atoms with Crippen LogP contribution in [0.15, 0.2) is 59.8 Å². The van der Waals surface area contributed by atoms with Gasteiger partial charge >= 0.3 is 0 Å². The molecule has 0 radical (unpaired) electrons. The molecule has 1 unspecified atom stereocenters. The van der Waals surface area contributed by atoms with Gasteiger partial charge < -0.3 is 4.74 Å². The second-order valence-electron chi connectivity index (χ2n) is 5.58. The van der Waals surface area contributed by atoms with Crippen LogP contribution in [-0.2, 0) is 4.79 Å². The topological polar surface area (TPSA) is 57.0 Å². The van der Waals surface area contributed by atoms with Crippen molar-refractivity contribution in [3.05, 3.63) is 54.6 Å². The quantitative estimate of drug-likeness (QED) is 0.627. The summed E-state index contributed by atoms with van der Waals surface area (Å²) in [6, 6.07) is 17.6. The van der Waals surface area contributed by atoms with Gasteiger partial charge in [-0.25, -0.2) is 0 Å². The highest BCUT2D eigenvalue weighted by Gasteiger charge is 2.20. The molecule has 0 bridgehead atoms. The molecule has 3 rings (SSSR count). The summed E-state index contributed by atoms with van der Waals surface area (Å²) in [5.41, 5.74) is 1.85. The van der Waals surface area contributed by atoms with Gasteiger partial charge in [0.25, 0.3) is 0 Å². The van der Waals surface area contributed by atoms with E-state index >= 15 is 0 Å². The van der Waals surface area contributed by atoms with Crippen molar-refractivity contribution in [3.8, 4) is 22.8 Å². The Bertz CT molecular complexity index is 877. The third-order valence-corrected chi connectivity index (χ3v) is 4.99. The number of ketones is 1. The number of para-hydroxylation sites is 1. The summed E-state index contributed by atoms with van der Waals surface area (Å²) < 4.78 is 7.29. The van der Waals surface area contributed by atoms with Crippen LogP contribution in [0.4, 0.5) is 0 Å². The third-order valence-electron chi connectivity index (χ3n) is 3.83. The first-order valence-electron chi connectivity index (χ1n) is 7.92. The molecule has 6 heteroatoms. The SMILES string of the molecule is COc1cccc(-c2nnc(SC(C)C(C)=O)n2-c2ccccc2)c1. The molecule has 0 fully saturated rings. The number of carbonyl (C=O) groups excluding carboxylic acids is 1. The number of methoxy groups -OCH3 is 1. The van der Waals surface area contributed by atoms with Gasteiger partial charge in [-0.1, -0.05) is 42.1 Å². The van der Waals surface area contributed by atoms with Crippen molar-refractivity contribution in [1.29, 1.82) is 0 Å². The molecule has 0 aliphatic heterocycles. The normalized spacial score (nSPS) is 12.0. The number of hydrogen-bond donors (Lipinski definition) is 0. The molecule has 3 aromatic rings. The monoisotopic (exact) mass is 353 g/mol. The van der Waals surface area contributed by atoms with Crippen LogP contribution in [0.1, 0.15) is 13.8 Å². The van der Waals surface area contributed by atoms with E-state index in [0.717, 1.165) is 17.0 Å². The molecule has 0 amide bonds. The first-order valence-corrected chi connectivity index (χ1v) is 8.80. The van der Waals surface area contributed by atoms with Crippen molar-refractivity contribution in [2.75, 3.05) is 7.11 Å². The molecule has 1 atom stereocenters. The molecule has 5 nitrogen and oxygen atoms in total. The molecule has 128 valence electrons. The maximum absolute atomic E-state index is 11.7. The van der Waals surface area contributed by atoms with Gasteiger partial charge in [-0.05, 0) is 38.1 Å². The molecule has 0 N–H and O–H groups in total. The number of benzene rings is 2. The Morgan fingerprint density at radius 3 is 2.56 bits per heavy atom. The van der Waals surface area contributed by atoms with Gasteiger partial charge in [-0.2, -0.15) is 0 Å². The third kappa shape index (κ3) is 3.74. The zero-order chi connectivity index (χ0) is 17.8. The lowest BCUT2D eigenvalue weighted by Crippen LogP contribution is -2.10. The van der Waals surface area contributed by atoms with Crippen LogP contribution >= 0.6 is 11.8 Å². The lowest BCUT2D eigenvalue weighted by atomic mass is 10.2. The van der Waals surface area contributed by atoms with Crippen molar-refractivity contribution in [3.63, 3.8) is 0 Å². The van der Waals surface area contributed by atoms with Crippen LogP contribution in [0.3, 0.4) is 0 Å². The Hall–Kier alpha value is -2.60. The van der Waals surface area contributed by atoms with E-state index in [-0.39, 0.29) is 11.0 Å².